The molecule has 0 aliphatic carbocycles. The summed E-state index contributed by atoms with van der Waals surface area (Å²) in [6.45, 7) is 5.21. The lowest BCUT2D eigenvalue weighted by molar-refractivity contribution is -0.156. The van der Waals surface area contributed by atoms with Crippen LogP contribution in [0.15, 0.2) is 0 Å². The molecule has 0 amide bonds. The van der Waals surface area contributed by atoms with Gasteiger partial charge in [0, 0.05) is 13.8 Å². The molecule has 0 aromatic carbocycles. The van der Waals surface area contributed by atoms with Crippen molar-refractivity contribution in [3.63, 3.8) is 0 Å². The summed E-state index contributed by atoms with van der Waals surface area (Å²) < 4.78 is 10.2. The van der Waals surface area contributed by atoms with Gasteiger partial charge in [0.25, 0.3) is 0 Å². The zero-order valence-corrected chi connectivity index (χ0v) is 17.5. The number of esters is 2. The van der Waals surface area contributed by atoms with Gasteiger partial charge in [-0.15, -0.1) is 0 Å². The molecule has 1 unspecified atom stereocenters. The fourth-order valence-corrected chi connectivity index (χ4v) is 3.19. The highest BCUT2D eigenvalue weighted by atomic mass is 16.6. The first-order valence-corrected chi connectivity index (χ1v) is 10.9. The lowest BCUT2D eigenvalue weighted by atomic mass is 10.0. The van der Waals surface area contributed by atoms with Gasteiger partial charge in [0.2, 0.25) is 0 Å². The molecule has 0 saturated carbocycles. The molecule has 154 valence electrons. The van der Waals surface area contributed by atoms with E-state index in [0.717, 1.165) is 19.3 Å². The Morgan fingerprint density at radius 3 is 1.46 bits per heavy atom. The zero-order chi connectivity index (χ0) is 19.5. The van der Waals surface area contributed by atoms with Crippen LogP contribution in [0, 0.1) is 0 Å². The van der Waals surface area contributed by atoms with Crippen LogP contribution >= 0.6 is 0 Å². The number of hydrogen-bond donors (Lipinski definition) is 0. The van der Waals surface area contributed by atoms with Crippen LogP contribution in [-0.2, 0) is 19.1 Å². The Balaban J connectivity index is 3.41. The van der Waals surface area contributed by atoms with E-state index < -0.39 is 0 Å². The summed E-state index contributed by atoms with van der Waals surface area (Å²) >= 11 is 0. The molecule has 4 nitrogen and oxygen atoms in total. The van der Waals surface area contributed by atoms with Gasteiger partial charge in [-0.25, -0.2) is 0 Å². The van der Waals surface area contributed by atoms with Crippen molar-refractivity contribution in [1.82, 2.24) is 0 Å². The summed E-state index contributed by atoms with van der Waals surface area (Å²) in [5.74, 6) is -0.643. The second kappa shape index (κ2) is 18.7. The molecule has 0 aliphatic heterocycles. The van der Waals surface area contributed by atoms with Crippen molar-refractivity contribution in [3.05, 3.63) is 0 Å². The zero-order valence-electron chi connectivity index (χ0n) is 17.5. The predicted molar refractivity (Wildman–Crippen MR) is 107 cm³/mol. The highest BCUT2D eigenvalue weighted by Crippen LogP contribution is 2.14. The molecule has 0 aliphatic rings. The second-order valence-corrected chi connectivity index (χ2v) is 7.42. The van der Waals surface area contributed by atoms with Crippen molar-refractivity contribution in [1.29, 1.82) is 0 Å². The van der Waals surface area contributed by atoms with Crippen molar-refractivity contribution >= 4 is 11.9 Å². The summed E-state index contributed by atoms with van der Waals surface area (Å²) in [6, 6.07) is 0. The van der Waals surface area contributed by atoms with E-state index in [9.17, 15) is 9.59 Å². The van der Waals surface area contributed by atoms with E-state index >= 15 is 0 Å². The Bertz CT molecular complexity index is 341. The first-order chi connectivity index (χ1) is 12.6. The largest absolute Gasteiger partial charge is 0.462 e. The molecule has 0 saturated heterocycles. The molecule has 0 fully saturated rings. The summed E-state index contributed by atoms with van der Waals surface area (Å²) in [5.41, 5.74) is 0. The molecule has 0 bridgehead atoms. The van der Waals surface area contributed by atoms with E-state index in [-0.39, 0.29) is 24.6 Å². The molecule has 4 heteroatoms. The van der Waals surface area contributed by atoms with Crippen LogP contribution in [0.2, 0.25) is 0 Å². The summed E-state index contributed by atoms with van der Waals surface area (Å²) in [4.78, 5) is 22.0. The fraction of sp³-hybridized carbons (Fsp3) is 0.909. The monoisotopic (exact) mass is 370 g/mol. The summed E-state index contributed by atoms with van der Waals surface area (Å²) in [5, 5.41) is 0. The maximum atomic E-state index is 11.1. The van der Waals surface area contributed by atoms with E-state index in [1.165, 1.54) is 90.9 Å². The fourth-order valence-electron chi connectivity index (χ4n) is 3.19. The Labute approximate surface area is 161 Å². The van der Waals surface area contributed by atoms with Gasteiger partial charge < -0.3 is 9.47 Å². The highest BCUT2D eigenvalue weighted by molar-refractivity contribution is 5.67. The first-order valence-electron chi connectivity index (χ1n) is 10.9. The van der Waals surface area contributed by atoms with Crippen molar-refractivity contribution < 1.29 is 19.1 Å². The normalized spacial score (nSPS) is 12.0. The average Bonchev–Trinajstić information content (AvgIpc) is 2.59. The van der Waals surface area contributed by atoms with Gasteiger partial charge in [0.15, 0.2) is 0 Å². The molecule has 0 aromatic heterocycles. The number of hydrogen-bond acceptors (Lipinski definition) is 4. The maximum absolute atomic E-state index is 11.1. The Kier molecular flexibility index (Phi) is 18.0. The van der Waals surface area contributed by atoms with Gasteiger partial charge in [-0.05, 0) is 12.8 Å². The highest BCUT2D eigenvalue weighted by Gasteiger charge is 2.13. The van der Waals surface area contributed by atoms with Gasteiger partial charge in [0.05, 0.1) is 0 Å². The third-order valence-corrected chi connectivity index (χ3v) is 4.68. The van der Waals surface area contributed by atoms with Crippen LogP contribution in [-0.4, -0.2) is 24.6 Å². The molecule has 26 heavy (non-hydrogen) atoms. The van der Waals surface area contributed by atoms with Gasteiger partial charge in [-0.3, -0.25) is 9.59 Å². The van der Waals surface area contributed by atoms with Crippen molar-refractivity contribution in [2.24, 2.45) is 0 Å². The summed E-state index contributed by atoms with van der Waals surface area (Å²) in [7, 11) is 0. The van der Waals surface area contributed by atoms with Gasteiger partial charge in [-0.1, -0.05) is 90.4 Å². The predicted octanol–water partition coefficient (Wildman–Crippen LogP) is 6.35. The quantitative estimate of drug-likeness (QED) is 0.208. The van der Waals surface area contributed by atoms with E-state index in [0.29, 0.717) is 0 Å². The molecular weight excluding hydrogens is 328 g/mol. The number of rotatable bonds is 18. The molecule has 0 aromatic rings. The summed E-state index contributed by atoms with van der Waals surface area (Å²) in [6.07, 6.45) is 19.0. The van der Waals surface area contributed by atoms with Crippen LogP contribution in [0.3, 0.4) is 0 Å². The smallest absolute Gasteiger partial charge is 0.303 e. The molecule has 0 N–H and O–H groups in total. The van der Waals surface area contributed by atoms with Crippen molar-refractivity contribution in [2.45, 2.75) is 123 Å². The number of carbonyl (C=O) groups excluding carboxylic acids is 2. The lowest BCUT2D eigenvalue weighted by Gasteiger charge is -2.16. The van der Waals surface area contributed by atoms with Crippen LogP contribution in [0.4, 0.5) is 0 Å². The van der Waals surface area contributed by atoms with Gasteiger partial charge >= 0.3 is 11.9 Å². The first kappa shape index (κ1) is 24.9. The standard InChI is InChI=1S/C22H42O4/c1-4-5-6-7-8-9-10-11-12-13-14-15-16-17-18-22(26-21(3)24)19-25-20(2)23/h22H,4-19H2,1-3H3. The molecular formula is C22H42O4. The van der Waals surface area contributed by atoms with E-state index in [1.54, 1.807) is 0 Å². The van der Waals surface area contributed by atoms with Gasteiger partial charge in [-0.2, -0.15) is 0 Å². The molecule has 0 rings (SSSR count). The molecule has 1 atom stereocenters. The average molecular weight is 371 g/mol. The van der Waals surface area contributed by atoms with E-state index in [4.69, 9.17) is 9.47 Å². The van der Waals surface area contributed by atoms with Crippen molar-refractivity contribution in [2.75, 3.05) is 6.61 Å². The molecule has 0 spiro atoms. The second-order valence-electron chi connectivity index (χ2n) is 7.42. The van der Waals surface area contributed by atoms with Gasteiger partial charge in [0.1, 0.15) is 12.7 Å². The van der Waals surface area contributed by atoms with Crippen LogP contribution < -0.4 is 0 Å². The number of unbranched alkanes of at least 4 members (excludes halogenated alkanes) is 13. The minimum atomic E-state index is -0.330. The minimum Gasteiger partial charge on any atom is -0.462 e. The third kappa shape index (κ3) is 19.3. The Morgan fingerprint density at radius 1 is 0.654 bits per heavy atom. The minimum absolute atomic E-state index is 0.174. The number of carbonyl (C=O) groups is 2. The Hall–Kier alpha value is -1.06. The molecule has 0 radical (unpaired) electrons. The SMILES string of the molecule is CCCCCCCCCCCCCCCCC(COC(C)=O)OC(C)=O. The van der Waals surface area contributed by atoms with Crippen LogP contribution in [0.1, 0.15) is 117 Å². The Morgan fingerprint density at radius 2 is 1.08 bits per heavy atom. The maximum Gasteiger partial charge on any atom is 0.303 e. The lowest BCUT2D eigenvalue weighted by Crippen LogP contribution is -2.23. The molecule has 0 heterocycles. The van der Waals surface area contributed by atoms with E-state index in [1.807, 2.05) is 0 Å². The van der Waals surface area contributed by atoms with E-state index in [2.05, 4.69) is 6.92 Å². The topological polar surface area (TPSA) is 52.6 Å². The number of ether oxygens (including phenoxy) is 2. The van der Waals surface area contributed by atoms with Crippen LogP contribution in [0.5, 0.6) is 0 Å². The van der Waals surface area contributed by atoms with Crippen molar-refractivity contribution in [3.8, 4) is 0 Å². The third-order valence-electron chi connectivity index (χ3n) is 4.68. The van der Waals surface area contributed by atoms with Crippen LogP contribution in [0.25, 0.3) is 0 Å².